The van der Waals surface area contributed by atoms with Crippen molar-refractivity contribution in [1.29, 1.82) is 0 Å². The Morgan fingerprint density at radius 2 is 2.50 bits per heavy atom. The van der Waals surface area contributed by atoms with Crippen molar-refractivity contribution in [2.45, 2.75) is 25.8 Å². The number of rotatable bonds is 0. The van der Waals surface area contributed by atoms with Crippen LogP contribution in [-0.4, -0.2) is 24.1 Å². The lowest BCUT2D eigenvalue weighted by Crippen LogP contribution is -2.39. The van der Waals surface area contributed by atoms with Crippen LogP contribution in [0, 0.1) is 6.92 Å². The molecular weight excluding hydrogens is 174 g/mol. The molecule has 1 saturated heterocycles. The number of hydrogen-bond donors (Lipinski definition) is 1. The van der Waals surface area contributed by atoms with Gasteiger partial charge in [-0.15, -0.1) is 0 Å². The smallest absolute Gasteiger partial charge is 0.152 e. The van der Waals surface area contributed by atoms with Gasteiger partial charge in [-0.05, 0) is 31.4 Å². The van der Waals surface area contributed by atoms with Gasteiger partial charge in [0.1, 0.15) is 0 Å². The van der Waals surface area contributed by atoms with Crippen LogP contribution in [0.25, 0.3) is 0 Å². The zero-order chi connectivity index (χ0) is 9.54. The summed E-state index contributed by atoms with van der Waals surface area (Å²) < 4.78 is 0. The van der Waals surface area contributed by atoms with Crippen molar-refractivity contribution in [1.82, 2.24) is 4.98 Å². The third-order valence-electron chi connectivity index (χ3n) is 3.18. The van der Waals surface area contributed by atoms with Crippen molar-refractivity contribution in [2.24, 2.45) is 0 Å². The Kier molecular flexibility index (Phi) is 1.66. The van der Waals surface area contributed by atoms with Crippen LogP contribution in [0.15, 0.2) is 12.3 Å². The zero-order valence-corrected chi connectivity index (χ0v) is 8.45. The summed E-state index contributed by atoms with van der Waals surface area (Å²) in [5, 5.41) is 3.47. The van der Waals surface area contributed by atoms with Crippen LogP contribution in [0.2, 0.25) is 0 Å². The Morgan fingerprint density at radius 1 is 1.57 bits per heavy atom. The second-order valence-electron chi connectivity index (χ2n) is 4.25. The highest BCUT2D eigenvalue weighted by atomic mass is 15.3. The Balaban J connectivity index is 2.05. The molecule has 1 unspecified atom stereocenters. The van der Waals surface area contributed by atoms with E-state index in [1.807, 2.05) is 6.20 Å². The van der Waals surface area contributed by atoms with Crippen LogP contribution in [-0.2, 0) is 0 Å². The highest BCUT2D eigenvalue weighted by molar-refractivity contribution is 5.69. The summed E-state index contributed by atoms with van der Waals surface area (Å²) in [6, 6.07) is 2.87. The summed E-state index contributed by atoms with van der Waals surface area (Å²) in [7, 11) is 0. The van der Waals surface area contributed by atoms with Crippen molar-refractivity contribution in [2.75, 3.05) is 23.3 Å². The van der Waals surface area contributed by atoms with Gasteiger partial charge in [-0.1, -0.05) is 0 Å². The minimum Gasteiger partial charge on any atom is -0.380 e. The summed E-state index contributed by atoms with van der Waals surface area (Å²) >= 11 is 0. The second kappa shape index (κ2) is 2.87. The maximum absolute atomic E-state index is 4.52. The van der Waals surface area contributed by atoms with E-state index in [1.165, 1.54) is 30.6 Å². The Hall–Kier alpha value is -1.25. The molecule has 3 heterocycles. The molecule has 1 aromatic heterocycles. The molecule has 2 aliphatic heterocycles. The summed E-state index contributed by atoms with van der Waals surface area (Å²) in [5.74, 6) is 1.16. The lowest BCUT2D eigenvalue weighted by molar-refractivity contribution is 0.675. The van der Waals surface area contributed by atoms with Gasteiger partial charge in [-0.2, -0.15) is 0 Å². The lowest BCUT2D eigenvalue weighted by Gasteiger charge is -2.33. The second-order valence-corrected chi connectivity index (χ2v) is 4.25. The molecule has 0 amide bonds. The van der Waals surface area contributed by atoms with Gasteiger partial charge in [0.15, 0.2) is 5.82 Å². The standard InChI is InChI=1S/C11H15N3/c1-8-5-10-11(13-6-8)14-4-2-3-9(14)7-12-10/h5-6,9,12H,2-4,7H2,1H3. The van der Waals surface area contributed by atoms with Gasteiger partial charge >= 0.3 is 0 Å². The maximum Gasteiger partial charge on any atom is 0.152 e. The Labute approximate surface area is 84.1 Å². The fourth-order valence-corrected chi connectivity index (χ4v) is 2.48. The summed E-state index contributed by atoms with van der Waals surface area (Å²) in [6.45, 7) is 4.35. The predicted octanol–water partition coefficient (Wildman–Crippen LogP) is 1.78. The van der Waals surface area contributed by atoms with E-state index in [9.17, 15) is 0 Å². The summed E-state index contributed by atoms with van der Waals surface area (Å²) in [5.41, 5.74) is 2.44. The Morgan fingerprint density at radius 3 is 3.43 bits per heavy atom. The van der Waals surface area contributed by atoms with Crippen molar-refractivity contribution < 1.29 is 0 Å². The molecule has 1 fully saturated rings. The number of anilines is 2. The van der Waals surface area contributed by atoms with Gasteiger partial charge in [0.2, 0.25) is 0 Å². The molecule has 1 aromatic rings. The van der Waals surface area contributed by atoms with Crippen LogP contribution in [0.3, 0.4) is 0 Å². The van der Waals surface area contributed by atoms with Crippen molar-refractivity contribution in [3.05, 3.63) is 17.8 Å². The summed E-state index contributed by atoms with van der Waals surface area (Å²) in [4.78, 5) is 6.97. The highest BCUT2D eigenvalue weighted by Crippen LogP contribution is 2.34. The Bertz CT molecular complexity index is 362. The van der Waals surface area contributed by atoms with Gasteiger partial charge in [-0.3, -0.25) is 0 Å². The molecule has 0 aliphatic carbocycles. The molecule has 0 bridgehead atoms. The zero-order valence-electron chi connectivity index (χ0n) is 8.45. The molecule has 74 valence electrons. The SMILES string of the molecule is Cc1cnc2c(c1)NCC1CCCN21. The number of hydrogen-bond acceptors (Lipinski definition) is 3. The molecule has 0 radical (unpaired) electrons. The van der Waals surface area contributed by atoms with E-state index in [2.05, 4.69) is 28.2 Å². The van der Waals surface area contributed by atoms with Crippen LogP contribution in [0.4, 0.5) is 11.5 Å². The van der Waals surface area contributed by atoms with E-state index in [-0.39, 0.29) is 0 Å². The summed E-state index contributed by atoms with van der Waals surface area (Å²) in [6.07, 6.45) is 4.57. The van der Waals surface area contributed by atoms with Crippen molar-refractivity contribution in [3.63, 3.8) is 0 Å². The first-order valence-electron chi connectivity index (χ1n) is 5.32. The topological polar surface area (TPSA) is 28.2 Å². The predicted molar refractivity (Wildman–Crippen MR) is 57.8 cm³/mol. The normalized spacial score (nSPS) is 24.1. The van der Waals surface area contributed by atoms with Gasteiger partial charge in [0.25, 0.3) is 0 Å². The quantitative estimate of drug-likeness (QED) is 0.674. The molecule has 3 rings (SSSR count). The van der Waals surface area contributed by atoms with Crippen LogP contribution in [0.5, 0.6) is 0 Å². The number of aromatic nitrogens is 1. The van der Waals surface area contributed by atoms with E-state index in [0.717, 1.165) is 12.4 Å². The lowest BCUT2D eigenvalue weighted by atomic mass is 10.1. The number of nitrogens with zero attached hydrogens (tertiary/aromatic N) is 2. The van der Waals surface area contributed by atoms with Gasteiger partial charge in [0, 0.05) is 25.3 Å². The monoisotopic (exact) mass is 189 g/mol. The molecule has 0 saturated carbocycles. The number of pyridine rings is 1. The first-order valence-corrected chi connectivity index (χ1v) is 5.32. The van der Waals surface area contributed by atoms with E-state index >= 15 is 0 Å². The molecule has 3 heteroatoms. The average Bonchev–Trinajstić information content (AvgIpc) is 2.65. The third kappa shape index (κ3) is 1.08. The molecule has 1 atom stereocenters. The van der Waals surface area contributed by atoms with Gasteiger partial charge < -0.3 is 10.2 Å². The average molecular weight is 189 g/mol. The number of nitrogens with one attached hydrogen (secondary N) is 1. The molecule has 2 aliphatic rings. The van der Waals surface area contributed by atoms with Crippen LogP contribution < -0.4 is 10.2 Å². The van der Waals surface area contributed by atoms with Crippen LogP contribution in [0.1, 0.15) is 18.4 Å². The number of aryl methyl sites for hydroxylation is 1. The molecule has 3 nitrogen and oxygen atoms in total. The van der Waals surface area contributed by atoms with Crippen molar-refractivity contribution in [3.8, 4) is 0 Å². The van der Waals surface area contributed by atoms with Crippen molar-refractivity contribution >= 4 is 11.5 Å². The molecule has 0 aromatic carbocycles. The van der Waals surface area contributed by atoms with Gasteiger partial charge in [0.05, 0.1) is 5.69 Å². The minimum atomic E-state index is 0.678. The fourth-order valence-electron chi connectivity index (χ4n) is 2.48. The first kappa shape index (κ1) is 8.09. The minimum absolute atomic E-state index is 0.678. The van der Waals surface area contributed by atoms with Crippen LogP contribution >= 0.6 is 0 Å². The molecule has 0 spiro atoms. The molecule has 1 N–H and O–H groups in total. The first-order chi connectivity index (χ1) is 6.84. The number of fused-ring (bicyclic) bond motifs is 3. The third-order valence-corrected chi connectivity index (χ3v) is 3.18. The largest absolute Gasteiger partial charge is 0.380 e. The molecule has 14 heavy (non-hydrogen) atoms. The maximum atomic E-state index is 4.52. The van der Waals surface area contributed by atoms with E-state index in [0.29, 0.717) is 6.04 Å². The van der Waals surface area contributed by atoms with Gasteiger partial charge in [-0.25, -0.2) is 4.98 Å². The molecular formula is C11H15N3. The highest BCUT2D eigenvalue weighted by Gasteiger charge is 2.30. The van der Waals surface area contributed by atoms with E-state index in [1.54, 1.807) is 0 Å². The van der Waals surface area contributed by atoms with E-state index < -0.39 is 0 Å². The fraction of sp³-hybridized carbons (Fsp3) is 0.545. The van der Waals surface area contributed by atoms with E-state index in [4.69, 9.17) is 0 Å².